The van der Waals surface area contributed by atoms with Crippen LogP contribution >= 0.6 is 11.6 Å². The molecule has 15 heavy (non-hydrogen) atoms. The highest BCUT2D eigenvalue weighted by Gasteiger charge is 2.04. The van der Waals surface area contributed by atoms with Gasteiger partial charge in [0.05, 0.1) is 0 Å². The van der Waals surface area contributed by atoms with Crippen molar-refractivity contribution in [2.24, 2.45) is 0 Å². The average molecular weight is 223 g/mol. The zero-order valence-electron chi connectivity index (χ0n) is 8.04. The number of benzene rings is 1. The van der Waals surface area contributed by atoms with Gasteiger partial charge in [0.2, 0.25) is 0 Å². The van der Waals surface area contributed by atoms with E-state index in [1.807, 2.05) is 0 Å². The molecule has 0 spiro atoms. The monoisotopic (exact) mass is 222 g/mol. The zero-order chi connectivity index (χ0) is 10.8. The lowest BCUT2D eigenvalue weighted by Crippen LogP contribution is -1.90. The molecule has 2 rings (SSSR count). The molecule has 0 fully saturated rings. The highest BCUT2D eigenvalue weighted by atomic mass is 35.5. The molecule has 0 saturated heterocycles. The summed E-state index contributed by atoms with van der Waals surface area (Å²) in [5.41, 5.74) is 1.22. The molecular formula is C11H8ClFN2. The van der Waals surface area contributed by atoms with Crippen LogP contribution < -0.4 is 0 Å². The van der Waals surface area contributed by atoms with Crippen molar-refractivity contribution in [1.82, 2.24) is 9.97 Å². The summed E-state index contributed by atoms with van der Waals surface area (Å²) in [6, 6.07) is 6.44. The lowest BCUT2D eigenvalue weighted by atomic mass is 10.1. The van der Waals surface area contributed by atoms with Crippen molar-refractivity contribution in [3.05, 3.63) is 47.0 Å². The van der Waals surface area contributed by atoms with E-state index in [-0.39, 0.29) is 5.82 Å². The van der Waals surface area contributed by atoms with E-state index in [1.165, 1.54) is 6.07 Å². The summed E-state index contributed by atoms with van der Waals surface area (Å²) in [6.45, 7) is 1.71. The van der Waals surface area contributed by atoms with Crippen molar-refractivity contribution in [1.29, 1.82) is 0 Å². The standard InChI is InChI=1S/C11H8ClFN2/c1-7-2-3-8(6-9(7)13)11-14-5-4-10(12)15-11/h2-6H,1H3. The Morgan fingerprint density at radius 2 is 2.07 bits per heavy atom. The highest BCUT2D eigenvalue weighted by Crippen LogP contribution is 2.19. The van der Waals surface area contributed by atoms with Gasteiger partial charge in [-0.3, -0.25) is 0 Å². The van der Waals surface area contributed by atoms with Crippen LogP contribution in [0.15, 0.2) is 30.5 Å². The van der Waals surface area contributed by atoms with Gasteiger partial charge in [-0.05, 0) is 24.6 Å². The Morgan fingerprint density at radius 3 is 2.73 bits per heavy atom. The molecule has 0 radical (unpaired) electrons. The van der Waals surface area contributed by atoms with Crippen LogP contribution in [0.1, 0.15) is 5.56 Å². The minimum atomic E-state index is -0.268. The molecule has 0 saturated carbocycles. The summed E-state index contributed by atoms with van der Waals surface area (Å²) in [6.07, 6.45) is 1.54. The molecule has 76 valence electrons. The van der Waals surface area contributed by atoms with Crippen molar-refractivity contribution in [3.63, 3.8) is 0 Å². The number of rotatable bonds is 1. The molecule has 0 bridgehead atoms. The van der Waals surface area contributed by atoms with E-state index >= 15 is 0 Å². The fourth-order valence-corrected chi connectivity index (χ4v) is 1.34. The topological polar surface area (TPSA) is 25.8 Å². The number of hydrogen-bond donors (Lipinski definition) is 0. The van der Waals surface area contributed by atoms with Gasteiger partial charge in [0, 0.05) is 11.8 Å². The molecule has 0 atom stereocenters. The van der Waals surface area contributed by atoms with Gasteiger partial charge < -0.3 is 0 Å². The summed E-state index contributed by atoms with van der Waals surface area (Å²) in [7, 11) is 0. The second kappa shape index (κ2) is 3.95. The lowest BCUT2D eigenvalue weighted by molar-refractivity contribution is 0.619. The largest absolute Gasteiger partial charge is 0.236 e. The summed E-state index contributed by atoms with van der Waals surface area (Å²) in [4.78, 5) is 8.02. The van der Waals surface area contributed by atoms with Gasteiger partial charge in [-0.2, -0.15) is 0 Å². The van der Waals surface area contributed by atoms with Crippen molar-refractivity contribution in [2.75, 3.05) is 0 Å². The van der Waals surface area contributed by atoms with Crippen molar-refractivity contribution < 1.29 is 4.39 Å². The third-order valence-corrected chi connectivity index (χ3v) is 2.26. The Balaban J connectivity index is 2.50. The minimum Gasteiger partial charge on any atom is -0.236 e. The maximum Gasteiger partial charge on any atom is 0.160 e. The fourth-order valence-electron chi connectivity index (χ4n) is 1.21. The van der Waals surface area contributed by atoms with Gasteiger partial charge >= 0.3 is 0 Å². The summed E-state index contributed by atoms with van der Waals surface area (Å²) in [5, 5.41) is 0.348. The average Bonchev–Trinajstić information content (AvgIpc) is 2.22. The van der Waals surface area contributed by atoms with E-state index in [0.29, 0.717) is 22.1 Å². The van der Waals surface area contributed by atoms with Gasteiger partial charge in [0.1, 0.15) is 11.0 Å². The molecule has 2 nitrogen and oxygen atoms in total. The molecule has 4 heteroatoms. The van der Waals surface area contributed by atoms with Gasteiger partial charge in [-0.25, -0.2) is 14.4 Å². The Bertz CT molecular complexity index is 500. The van der Waals surface area contributed by atoms with E-state index in [1.54, 1.807) is 31.3 Å². The van der Waals surface area contributed by atoms with E-state index < -0.39 is 0 Å². The van der Waals surface area contributed by atoms with Gasteiger partial charge in [-0.1, -0.05) is 23.7 Å². The van der Waals surface area contributed by atoms with Crippen LogP contribution in [-0.4, -0.2) is 9.97 Å². The maximum absolute atomic E-state index is 13.3. The first-order valence-electron chi connectivity index (χ1n) is 4.42. The smallest absolute Gasteiger partial charge is 0.160 e. The predicted molar refractivity (Wildman–Crippen MR) is 57.2 cm³/mol. The van der Waals surface area contributed by atoms with Gasteiger partial charge in [-0.15, -0.1) is 0 Å². The molecule has 0 amide bonds. The van der Waals surface area contributed by atoms with E-state index in [9.17, 15) is 4.39 Å². The number of hydrogen-bond acceptors (Lipinski definition) is 2. The molecule has 0 unspecified atom stereocenters. The van der Waals surface area contributed by atoms with E-state index in [4.69, 9.17) is 11.6 Å². The second-order valence-corrected chi connectivity index (χ2v) is 3.55. The van der Waals surface area contributed by atoms with Crippen LogP contribution in [0.3, 0.4) is 0 Å². The first-order chi connectivity index (χ1) is 7.16. The molecule has 1 heterocycles. The normalized spacial score (nSPS) is 10.3. The molecule has 0 aliphatic rings. The molecule has 1 aromatic carbocycles. The third-order valence-electron chi connectivity index (χ3n) is 2.05. The maximum atomic E-state index is 13.3. The molecule has 2 aromatic rings. The third kappa shape index (κ3) is 2.13. The number of halogens is 2. The fraction of sp³-hybridized carbons (Fsp3) is 0.0909. The van der Waals surface area contributed by atoms with Gasteiger partial charge in [0.15, 0.2) is 5.82 Å². The quantitative estimate of drug-likeness (QED) is 0.693. The van der Waals surface area contributed by atoms with Crippen LogP contribution in [0.5, 0.6) is 0 Å². The molecule has 0 aliphatic carbocycles. The van der Waals surface area contributed by atoms with Gasteiger partial charge in [0.25, 0.3) is 0 Å². The molecule has 0 aliphatic heterocycles. The lowest BCUT2D eigenvalue weighted by Gasteiger charge is -2.01. The Labute approximate surface area is 91.8 Å². The first kappa shape index (κ1) is 10.1. The first-order valence-corrected chi connectivity index (χ1v) is 4.79. The predicted octanol–water partition coefficient (Wildman–Crippen LogP) is 3.24. The molecular weight excluding hydrogens is 215 g/mol. The highest BCUT2D eigenvalue weighted by molar-refractivity contribution is 6.29. The van der Waals surface area contributed by atoms with Crippen LogP contribution in [0.2, 0.25) is 5.15 Å². The van der Waals surface area contributed by atoms with E-state index in [0.717, 1.165) is 0 Å². The van der Waals surface area contributed by atoms with Crippen molar-refractivity contribution in [3.8, 4) is 11.4 Å². The van der Waals surface area contributed by atoms with Crippen molar-refractivity contribution in [2.45, 2.75) is 6.92 Å². The summed E-state index contributed by atoms with van der Waals surface area (Å²) in [5.74, 6) is 0.164. The summed E-state index contributed by atoms with van der Waals surface area (Å²) < 4.78 is 13.3. The second-order valence-electron chi connectivity index (χ2n) is 3.17. The van der Waals surface area contributed by atoms with Crippen LogP contribution in [0, 0.1) is 12.7 Å². The number of aromatic nitrogens is 2. The van der Waals surface area contributed by atoms with E-state index in [2.05, 4.69) is 9.97 Å². The molecule has 0 N–H and O–H groups in total. The SMILES string of the molecule is Cc1ccc(-c2nccc(Cl)n2)cc1F. The van der Waals surface area contributed by atoms with Crippen LogP contribution in [-0.2, 0) is 0 Å². The molecule has 1 aromatic heterocycles. The Hall–Kier alpha value is -1.48. The number of aryl methyl sites for hydroxylation is 1. The minimum absolute atomic E-state index is 0.268. The summed E-state index contributed by atoms with van der Waals surface area (Å²) >= 11 is 5.72. The zero-order valence-corrected chi connectivity index (χ0v) is 8.79. The van der Waals surface area contributed by atoms with Crippen LogP contribution in [0.25, 0.3) is 11.4 Å². The Morgan fingerprint density at radius 1 is 1.27 bits per heavy atom. The van der Waals surface area contributed by atoms with Crippen molar-refractivity contribution >= 4 is 11.6 Å². The van der Waals surface area contributed by atoms with Crippen LogP contribution in [0.4, 0.5) is 4.39 Å². The Kier molecular flexibility index (Phi) is 2.64. The number of nitrogens with zero attached hydrogens (tertiary/aromatic N) is 2.